The highest BCUT2D eigenvalue weighted by Crippen LogP contribution is 1.97. The van der Waals surface area contributed by atoms with E-state index in [4.69, 9.17) is 5.84 Å². The number of hydrazine groups is 1. The zero-order valence-electron chi connectivity index (χ0n) is 5.70. The molecule has 0 aliphatic heterocycles. The second-order valence-electron chi connectivity index (χ2n) is 2.06. The van der Waals surface area contributed by atoms with Gasteiger partial charge in [-0.1, -0.05) is 12.8 Å². The Kier molecular flexibility index (Phi) is 7.72. The molecule has 0 bridgehead atoms. The van der Waals surface area contributed by atoms with Gasteiger partial charge in [0.25, 0.3) is 0 Å². The van der Waals surface area contributed by atoms with Crippen molar-refractivity contribution in [2.24, 2.45) is 5.84 Å². The first-order valence-electron chi connectivity index (χ1n) is 3.41. The van der Waals surface area contributed by atoms with Crippen LogP contribution in [0.5, 0.6) is 0 Å². The van der Waals surface area contributed by atoms with Gasteiger partial charge >= 0.3 is 0 Å². The predicted octanol–water partition coefficient (Wildman–Crippen LogP) is 0.980. The topological polar surface area (TPSA) is 38.0 Å². The average Bonchev–Trinajstić information content (AvgIpc) is 1.89. The number of hydrogen-bond acceptors (Lipinski definition) is 2. The molecule has 0 aromatic carbocycles. The molecule has 56 valence electrons. The quantitative estimate of drug-likeness (QED) is 0.323. The number of halogens is 1. The summed E-state index contributed by atoms with van der Waals surface area (Å²) >= 11 is 0. The van der Waals surface area contributed by atoms with E-state index in [1.54, 1.807) is 0 Å². The van der Waals surface area contributed by atoms with E-state index < -0.39 is 0 Å². The lowest BCUT2D eigenvalue weighted by Crippen LogP contribution is -2.22. The molecule has 0 amide bonds. The zero-order valence-corrected chi connectivity index (χ0v) is 5.70. The summed E-state index contributed by atoms with van der Waals surface area (Å²) in [5.41, 5.74) is 2.55. The zero-order chi connectivity index (χ0) is 6.95. The molecule has 0 saturated heterocycles. The normalized spacial score (nSPS) is 10.0. The lowest BCUT2D eigenvalue weighted by atomic mass is 10.2. The van der Waals surface area contributed by atoms with Crippen molar-refractivity contribution in [1.29, 1.82) is 0 Å². The first kappa shape index (κ1) is 8.85. The van der Waals surface area contributed by atoms with Crippen LogP contribution in [0.3, 0.4) is 0 Å². The van der Waals surface area contributed by atoms with Crippen LogP contribution in [-0.4, -0.2) is 13.2 Å². The minimum absolute atomic E-state index is 0.184. The van der Waals surface area contributed by atoms with Crippen molar-refractivity contribution in [3.63, 3.8) is 0 Å². The van der Waals surface area contributed by atoms with Crippen LogP contribution in [0, 0.1) is 0 Å². The third-order valence-corrected chi connectivity index (χ3v) is 1.20. The summed E-state index contributed by atoms with van der Waals surface area (Å²) in [6.45, 7) is 0.655. The molecule has 0 spiro atoms. The molecule has 0 heterocycles. The van der Waals surface area contributed by atoms with E-state index >= 15 is 0 Å². The second kappa shape index (κ2) is 7.85. The highest BCUT2D eigenvalue weighted by molar-refractivity contribution is 4.43. The van der Waals surface area contributed by atoms with Gasteiger partial charge in [-0.05, 0) is 12.8 Å². The van der Waals surface area contributed by atoms with Gasteiger partial charge in [0.2, 0.25) is 0 Å². The molecule has 0 unspecified atom stereocenters. The molecule has 9 heavy (non-hydrogen) atoms. The van der Waals surface area contributed by atoms with Crippen molar-refractivity contribution in [3.05, 3.63) is 0 Å². The van der Waals surface area contributed by atoms with E-state index in [0.29, 0.717) is 6.42 Å². The lowest BCUT2D eigenvalue weighted by Gasteiger charge is -1.96. The van der Waals surface area contributed by atoms with Crippen molar-refractivity contribution in [3.8, 4) is 0 Å². The van der Waals surface area contributed by atoms with E-state index in [2.05, 4.69) is 5.43 Å². The Bertz CT molecular complexity index is 44.3. The SMILES string of the molecule is NNCCCCCCF. The van der Waals surface area contributed by atoms with Crippen molar-refractivity contribution in [1.82, 2.24) is 5.43 Å². The first-order chi connectivity index (χ1) is 4.41. The fourth-order valence-corrected chi connectivity index (χ4v) is 0.675. The number of hydrogen-bond donors (Lipinski definition) is 2. The van der Waals surface area contributed by atoms with Crippen LogP contribution >= 0.6 is 0 Å². The largest absolute Gasteiger partial charge is 0.271 e. The Morgan fingerprint density at radius 3 is 2.33 bits per heavy atom. The van der Waals surface area contributed by atoms with Crippen molar-refractivity contribution >= 4 is 0 Å². The van der Waals surface area contributed by atoms with E-state index in [1.807, 2.05) is 0 Å². The molecule has 0 atom stereocenters. The highest BCUT2D eigenvalue weighted by atomic mass is 19.1. The molecule has 2 nitrogen and oxygen atoms in total. The van der Waals surface area contributed by atoms with Gasteiger partial charge in [0, 0.05) is 6.54 Å². The van der Waals surface area contributed by atoms with E-state index in [0.717, 1.165) is 25.8 Å². The maximum atomic E-state index is 11.5. The van der Waals surface area contributed by atoms with E-state index in [-0.39, 0.29) is 6.67 Å². The molecule has 3 N–H and O–H groups in total. The van der Waals surface area contributed by atoms with Crippen LogP contribution in [0.25, 0.3) is 0 Å². The lowest BCUT2D eigenvalue weighted by molar-refractivity contribution is 0.451. The maximum absolute atomic E-state index is 11.5. The average molecular weight is 134 g/mol. The van der Waals surface area contributed by atoms with Gasteiger partial charge in [-0.3, -0.25) is 15.7 Å². The Hall–Kier alpha value is -0.150. The summed E-state index contributed by atoms with van der Waals surface area (Å²) in [7, 11) is 0. The fraction of sp³-hybridized carbons (Fsp3) is 1.00. The van der Waals surface area contributed by atoms with Gasteiger partial charge in [0.15, 0.2) is 0 Å². The van der Waals surface area contributed by atoms with E-state index in [1.165, 1.54) is 0 Å². The summed E-state index contributed by atoms with van der Waals surface area (Å²) in [6, 6.07) is 0. The number of alkyl halides is 1. The summed E-state index contributed by atoms with van der Waals surface area (Å²) in [4.78, 5) is 0. The third kappa shape index (κ3) is 7.85. The van der Waals surface area contributed by atoms with Crippen LogP contribution in [0.2, 0.25) is 0 Å². The van der Waals surface area contributed by atoms with Crippen LogP contribution in [0.15, 0.2) is 0 Å². The number of rotatable bonds is 6. The third-order valence-electron chi connectivity index (χ3n) is 1.20. The monoisotopic (exact) mass is 134 g/mol. The number of nitrogens with one attached hydrogen (secondary N) is 1. The van der Waals surface area contributed by atoms with Crippen molar-refractivity contribution in [2.45, 2.75) is 25.7 Å². The Morgan fingerprint density at radius 1 is 1.11 bits per heavy atom. The summed E-state index contributed by atoms with van der Waals surface area (Å²) in [6.07, 6.45) is 3.81. The van der Waals surface area contributed by atoms with Gasteiger partial charge in [-0.2, -0.15) is 0 Å². The van der Waals surface area contributed by atoms with E-state index in [9.17, 15) is 4.39 Å². The molecule has 0 rings (SSSR count). The smallest absolute Gasteiger partial charge is 0.0894 e. The van der Waals surface area contributed by atoms with Gasteiger partial charge in [-0.15, -0.1) is 0 Å². The molecule has 0 radical (unpaired) electrons. The minimum Gasteiger partial charge on any atom is -0.271 e. The van der Waals surface area contributed by atoms with Crippen LogP contribution in [0.4, 0.5) is 4.39 Å². The maximum Gasteiger partial charge on any atom is 0.0894 e. The van der Waals surface area contributed by atoms with Crippen LogP contribution in [0.1, 0.15) is 25.7 Å². The summed E-state index contributed by atoms with van der Waals surface area (Å²) < 4.78 is 11.5. The Labute approximate surface area is 55.6 Å². The molecule has 0 aromatic rings. The van der Waals surface area contributed by atoms with Crippen molar-refractivity contribution < 1.29 is 4.39 Å². The molecule has 0 saturated carbocycles. The van der Waals surface area contributed by atoms with Crippen LogP contribution in [-0.2, 0) is 0 Å². The molecular formula is C6H15FN2. The van der Waals surface area contributed by atoms with Gasteiger partial charge in [-0.25, -0.2) is 0 Å². The molecule has 0 aliphatic carbocycles. The Morgan fingerprint density at radius 2 is 1.78 bits per heavy atom. The minimum atomic E-state index is -0.184. The van der Waals surface area contributed by atoms with Gasteiger partial charge < -0.3 is 0 Å². The fourth-order valence-electron chi connectivity index (χ4n) is 0.675. The standard InChI is InChI=1S/C6H15FN2/c7-5-3-1-2-4-6-9-8/h9H,1-6,8H2. The summed E-state index contributed by atoms with van der Waals surface area (Å²) in [5, 5.41) is 0. The molecule has 0 aliphatic rings. The Balaban J connectivity index is 2.60. The number of unbranched alkanes of at least 4 members (excludes halogenated alkanes) is 3. The van der Waals surface area contributed by atoms with Crippen LogP contribution < -0.4 is 11.3 Å². The first-order valence-corrected chi connectivity index (χ1v) is 3.41. The summed E-state index contributed by atoms with van der Waals surface area (Å²) in [5.74, 6) is 5.02. The highest BCUT2D eigenvalue weighted by Gasteiger charge is 1.86. The molecule has 0 fully saturated rings. The molecular weight excluding hydrogens is 119 g/mol. The van der Waals surface area contributed by atoms with Crippen molar-refractivity contribution in [2.75, 3.05) is 13.2 Å². The number of nitrogens with two attached hydrogens (primary N) is 1. The second-order valence-corrected chi connectivity index (χ2v) is 2.06. The predicted molar refractivity (Wildman–Crippen MR) is 36.6 cm³/mol. The van der Waals surface area contributed by atoms with Gasteiger partial charge in [0.05, 0.1) is 6.67 Å². The molecule has 0 aromatic heterocycles. The molecule has 3 heteroatoms. The van der Waals surface area contributed by atoms with Gasteiger partial charge in [0.1, 0.15) is 0 Å².